The number of hydrogen-bond donors (Lipinski definition) is 0. The van der Waals surface area contributed by atoms with E-state index in [1.165, 1.54) is 5.56 Å². The quantitative estimate of drug-likeness (QED) is 0.664. The lowest BCUT2D eigenvalue weighted by atomic mass is 10.1. The third kappa shape index (κ3) is 3.63. The van der Waals surface area contributed by atoms with Gasteiger partial charge in [-0.2, -0.15) is 0 Å². The van der Waals surface area contributed by atoms with Crippen LogP contribution in [0.3, 0.4) is 0 Å². The van der Waals surface area contributed by atoms with E-state index in [0.29, 0.717) is 19.5 Å². The van der Waals surface area contributed by atoms with E-state index in [2.05, 4.69) is 22.3 Å². The van der Waals surface area contributed by atoms with Gasteiger partial charge in [0.15, 0.2) is 5.82 Å². The zero-order valence-electron chi connectivity index (χ0n) is 16.2. The smallest absolute Gasteiger partial charge is 0.245 e. The van der Waals surface area contributed by atoms with E-state index < -0.39 is 0 Å². The van der Waals surface area contributed by atoms with Crippen molar-refractivity contribution in [3.63, 3.8) is 0 Å². The van der Waals surface area contributed by atoms with E-state index >= 15 is 0 Å². The number of nitrogens with zero attached hydrogens (tertiary/aromatic N) is 4. The molecule has 6 heteroatoms. The summed E-state index contributed by atoms with van der Waals surface area (Å²) in [4.78, 5) is 14.8. The number of carbonyl (C=O) groups excluding carboxylic acids is 1. The van der Waals surface area contributed by atoms with Crippen molar-refractivity contribution < 1.29 is 9.53 Å². The molecule has 2 aromatic carbocycles. The van der Waals surface area contributed by atoms with Crippen molar-refractivity contribution in [3.8, 4) is 5.75 Å². The fourth-order valence-electron chi connectivity index (χ4n) is 3.68. The first kappa shape index (κ1) is 18.2. The second-order valence-corrected chi connectivity index (χ2v) is 7.10. The first-order valence-corrected chi connectivity index (χ1v) is 9.54. The molecule has 0 bridgehead atoms. The molecule has 1 atom stereocenters. The Morgan fingerprint density at radius 3 is 2.50 bits per heavy atom. The molecule has 4 rings (SSSR count). The average molecular weight is 376 g/mol. The van der Waals surface area contributed by atoms with Gasteiger partial charge in [-0.05, 0) is 36.6 Å². The highest BCUT2D eigenvalue weighted by Gasteiger charge is 2.32. The van der Waals surface area contributed by atoms with Gasteiger partial charge in [-0.25, -0.2) is 0 Å². The molecule has 1 amide bonds. The van der Waals surface area contributed by atoms with Crippen LogP contribution in [-0.2, 0) is 24.2 Å². The van der Waals surface area contributed by atoms with E-state index in [1.54, 1.807) is 7.11 Å². The molecule has 144 valence electrons. The minimum atomic E-state index is -0.289. The molecule has 1 aromatic heterocycles. The first-order valence-electron chi connectivity index (χ1n) is 9.54. The molecule has 3 aromatic rings. The molecule has 1 aliphatic rings. The number of methoxy groups -OCH3 is 1. The maximum absolute atomic E-state index is 12.9. The van der Waals surface area contributed by atoms with E-state index in [4.69, 9.17) is 4.74 Å². The van der Waals surface area contributed by atoms with Gasteiger partial charge in [0.1, 0.15) is 17.6 Å². The third-order valence-electron chi connectivity index (χ3n) is 5.26. The van der Waals surface area contributed by atoms with Gasteiger partial charge in [0.25, 0.3) is 0 Å². The molecule has 1 aliphatic heterocycles. The molecule has 0 fully saturated rings. The molecule has 6 nitrogen and oxygen atoms in total. The number of carbonyl (C=O) groups is 1. The largest absolute Gasteiger partial charge is 0.497 e. The zero-order valence-corrected chi connectivity index (χ0v) is 16.2. The van der Waals surface area contributed by atoms with E-state index in [9.17, 15) is 4.79 Å². The van der Waals surface area contributed by atoms with Crippen molar-refractivity contribution >= 4 is 5.91 Å². The molecule has 28 heavy (non-hydrogen) atoms. The highest BCUT2D eigenvalue weighted by Crippen LogP contribution is 2.24. The topological polar surface area (TPSA) is 60.3 Å². The van der Waals surface area contributed by atoms with Crippen LogP contribution in [0.2, 0.25) is 0 Å². The van der Waals surface area contributed by atoms with Crippen molar-refractivity contribution in [1.82, 2.24) is 19.7 Å². The number of benzene rings is 2. The predicted molar refractivity (Wildman–Crippen MR) is 106 cm³/mol. The lowest BCUT2D eigenvalue weighted by molar-refractivity contribution is -0.137. The molecule has 0 N–H and O–H groups in total. The van der Waals surface area contributed by atoms with E-state index in [-0.39, 0.29) is 11.9 Å². The molecule has 0 saturated carbocycles. The summed E-state index contributed by atoms with van der Waals surface area (Å²) < 4.78 is 7.20. The summed E-state index contributed by atoms with van der Waals surface area (Å²) in [5.74, 6) is 2.62. The van der Waals surface area contributed by atoms with Crippen LogP contribution in [0.15, 0.2) is 54.6 Å². The first-order chi connectivity index (χ1) is 13.7. The van der Waals surface area contributed by atoms with E-state index in [1.807, 2.05) is 58.9 Å². The molecule has 0 spiro atoms. The summed E-state index contributed by atoms with van der Waals surface area (Å²) in [5, 5.41) is 8.75. The Hall–Kier alpha value is -3.15. The molecular formula is C22H24N4O2. The Kier molecular flexibility index (Phi) is 5.10. The molecule has 0 aliphatic carbocycles. The molecular weight excluding hydrogens is 352 g/mol. The number of rotatable bonds is 6. The van der Waals surface area contributed by atoms with Gasteiger partial charge >= 0.3 is 0 Å². The Morgan fingerprint density at radius 1 is 1.04 bits per heavy atom. The van der Waals surface area contributed by atoms with Gasteiger partial charge in [0.2, 0.25) is 5.91 Å². The van der Waals surface area contributed by atoms with Crippen LogP contribution in [0.4, 0.5) is 0 Å². The third-order valence-corrected chi connectivity index (χ3v) is 5.26. The minimum Gasteiger partial charge on any atom is -0.497 e. The summed E-state index contributed by atoms with van der Waals surface area (Å²) in [6.07, 6.45) is 1.48. The molecule has 0 unspecified atom stereocenters. The van der Waals surface area contributed by atoms with Gasteiger partial charge in [0, 0.05) is 13.0 Å². The Morgan fingerprint density at radius 2 is 1.79 bits per heavy atom. The summed E-state index contributed by atoms with van der Waals surface area (Å²) in [7, 11) is 1.65. The van der Waals surface area contributed by atoms with E-state index in [0.717, 1.165) is 29.4 Å². The summed E-state index contributed by atoms with van der Waals surface area (Å²) in [5.41, 5.74) is 2.34. The van der Waals surface area contributed by atoms with Gasteiger partial charge in [-0.15, -0.1) is 10.2 Å². The lowest BCUT2D eigenvalue weighted by Gasteiger charge is -2.32. The fraction of sp³-hybridized carbons (Fsp3) is 0.318. The van der Waals surface area contributed by atoms with Crippen molar-refractivity contribution in [3.05, 3.63) is 77.4 Å². The van der Waals surface area contributed by atoms with Gasteiger partial charge < -0.3 is 14.2 Å². The maximum atomic E-state index is 12.9. The van der Waals surface area contributed by atoms with Crippen molar-refractivity contribution in [2.75, 3.05) is 13.7 Å². The normalized spacial score (nSPS) is 16.1. The Bertz CT molecular complexity index is 950. The second-order valence-electron chi connectivity index (χ2n) is 7.10. The van der Waals surface area contributed by atoms with Crippen molar-refractivity contribution in [2.24, 2.45) is 0 Å². The standard InChI is InChI=1S/C22H24N4O2/c1-16-22(27)25(13-12-17-6-4-3-5-7-17)15-21-24-23-20(26(16)21)14-18-8-10-19(28-2)11-9-18/h3-11,16H,12-15H2,1-2H3/t16-/m1/s1. The Balaban J connectivity index is 1.49. The van der Waals surface area contributed by atoms with Crippen LogP contribution in [-0.4, -0.2) is 39.2 Å². The predicted octanol–water partition coefficient (Wildman–Crippen LogP) is 3.02. The van der Waals surface area contributed by atoms with Crippen LogP contribution in [0, 0.1) is 0 Å². The van der Waals surface area contributed by atoms with Crippen LogP contribution in [0.25, 0.3) is 0 Å². The van der Waals surface area contributed by atoms with Crippen LogP contribution in [0.1, 0.15) is 35.7 Å². The fourth-order valence-corrected chi connectivity index (χ4v) is 3.68. The number of aromatic nitrogens is 3. The van der Waals surface area contributed by atoms with Gasteiger partial charge in [-0.1, -0.05) is 42.5 Å². The number of ether oxygens (including phenoxy) is 1. The highest BCUT2D eigenvalue weighted by molar-refractivity contribution is 5.81. The molecule has 0 saturated heterocycles. The van der Waals surface area contributed by atoms with Crippen molar-refractivity contribution in [2.45, 2.75) is 32.4 Å². The number of amides is 1. The summed E-state index contributed by atoms with van der Waals surface area (Å²) >= 11 is 0. The molecule has 0 radical (unpaired) electrons. The zero-order chi connectivity index (χ0) is 19.5. The van der Waals surface area contributed by atoms with Gasteiger partial charge in [-0.3, -0.25) is 4.79 Å². The van der Waals surface area contributed by atoms with Crippen molar-refractivity contribution in [1.29, 1.82) is 0 Å². The summed E-state index contributed by atoms with van der Waals surface area (Å²) in [6.45, 7) is 3.13. The number of hydrogen-bond acceptors (Lipinski definition) is 4. The molecule has 2 heterocycles. The SMILES string of the molecule is COc1ccc(Cc2nnc3n2[C@H](C)C(=O)N(CCc2ccccc2)C3)cc1. The summed E-state index contributed by atoms with van der Waals surface area (Å²) in [6, 6.07) is 17.8. The lowest BCUT2D eigenvalue weighted by Crippen LogP contribution is -2.43. The van der Waals surface area contributed by atoms with Crippen LogP contribution in [0.5, 0.6) is 5.75 Å². The monoisotopic (exact) mass is 376 g/mol. The second kappa shape index (κ2) is 7.84. The van der Waals surface area contributed by atoms with Gasteiger partial charge in [0.05, 0.1) is 13.7 Å². The average Bonchev–Trinajstić information content (AvgIpc) is 3.13. The maximum Gasteiger partial charge on any atom is 0.245 e. The Labute approximate surface area is 164 Å². The minimum absolute atomic E-state index is 0.124. The highest BCUT2D eigenvalue weighted by atomic mass is 16.5. The number of fused-ring (bicyclic) bond motifs is 1. The van der Waals surface area contributed by atoms with Crippen LogP contribution < -0.4 is 4.74 Å². The van der Waals surface area contributed by atoms with Crippen LogP contribution >= 0.6 is 0 Å².